The van der Waals surface area contributed by atoms with E-state index in [0.717, 1.165) is 34.3 Å². The summed E-state index contributed by atoms with van der Waals surface area (Å²) in [6, 6.07) is 7.53. The molecule has 1 atom stereocenters. The molecule has 162 valence electrons. The number of thioether (sulfide) groups is 1. The van der Waals surface area contributed by atoms with Gasteiger partial charge in [-0.15, -0.1) is 16.4 Å². The molecule has 3 aromatic heterocycles. The Morgan fingerprint density at radius 1 is 1.32 bits per heavy atom. The number of nitrogens with zero attached hydrogens (tertiary/aromatic N) is 5. The number of fused-ring (bicyclic) bond motifs is 1. The molecule has 0 unspecified atom stereocenters. The molecule has 1 aromatic carbocycles. The zero-order chi connectivity index (χ0) is 22.0. The lowest BCUT2D eigenvalue weighted by Gasteiger charge is -2.09. The van der Waals surface area contributed by atoms with Crippen LogP contribution in [-0.4, -0.2) is 37.3 Å². The number of aromatic amines is 1. The number of methoxy groups -OCH3 is 1. The maximum Gasteiger partial charge on any atom is 0.259 e. The van der Waals surface area contributed by atoms with E-state index in [2.05, 4.69) is 41.3 Å². The van der Waals surface area contributed by atoms with Gasteiger partial charge in [0.1, 0.15) is 22.1 Å². The zero-order valence-corrected chi connectivity index (χ0v) is 19.5. The van der Waals surface area contributed by atoms with Crippen molar-refractivity contribution in [3.63, 3.8) is 0 Å². The summed E-state index contributed by atoms with van der Waals surface area (Å²) in [6.07, 6.45) is 1.98. The van der Waals surface area contributed by atoms with Gasteiger partial charge in [-0.05, 0) is 47.4 Å². The highest BCUT2D eigenvalue weighted by molar-refractivity contribution is 7.98. The number of aromatic nitrogens is 6. The molecule has 0 aliphatic carbocycles. The molecule has 31 heavy (non-hydrogen) atoms. The van der Waals surface area contributed by atoms with E-state index in [9.17, 15) is 4.79 Å². The van der Waals surface area contributed by atoms with Crippen LogP contribution in [0.2, 0.25) is 0 Å². The minimum atomic E-state index is -0.0763. The molecule has 0 spiro atoms. The summed E-state index contributed by atoms with van der Waals surface area (Å²) in [5.41, 5.74) is 1.80. The van der Waals surface area contributed by atoms with Gasteiger partial charge in [0.05, 0.1) is 18.2 Å². The molecule has 0 aliphatic rings. The number of rotatable bonds is 8. The number of ether oxygens (including phenoxy) is 1. The molecule has 3 heterocycles. The van der Waals surface area contributed by atoms with Crippen molar-refractivity contribution >= 4 is 33.3 Å². The second-order valence-corrected chi connectivity index (χ2v) is 9.53. The summed E-state index contributed by atoms with van der Waals surface area (Å²) in [5.74, 6) is 2.25. The van der Waals surface area contributed by atoms with Gasteiger partial charge in [-0.1, -0.05) is 44.2 Å². The predicted octanol–water partition coefficient (Wildman–Crippen LogP) is 4.16. The molecule has 0 bridgehead atoms. The van der Waals surface area contributed by atoms with Crippen LogP contribution in [0.3, 0.4) is 0 Å². The van der Waals surface area contributed by atoms with E-state index in [1.54, 1.807) is 23.1 Å². The van der Waals surface area contributed by atoms with Crippen molar-refractivity contribution in [3.05, 3.63) is 50.9 Å². The van der Waals surface area contributed by atoms with Crippen molar-refractivity contribution in [3.8, 4) is 11.4 Å². The third-order valence-corrected chi connectivity index (χ3v) is 7.23. The lowest BCUT2D eigenvalue weighted by atomic mass is 9.98. The number of thiophene rings is 1. The second kappa shape index (κ2) is 9.19. The number of hydrogen-bond acceptors (Lipinski definition) is 8. The smallest absolute Gasteiger partial charge is 0.259 e. The number of para-hydroxylation sites is 2. The van der Waals surface area contributed by atoms with Gasteiger partial charge < -0.3 is 9.72 Å². The highest BCUT2D eigenvalue weighted by Gasteiger charge is 2.18. The molecule has 8 nitrogen and oxygen atoms in total. The van der Waals surface area contributed by atoms with Crippen molar-refractivity contribution in [2.45, 2.75) is 44.5 Å². The Balaban J connectivity index is 1.60. The van der Waals surface area contributed by atoms with Gasteiger partial charge in [0, 0.05) is 4.88 Å². The molecule has 4 aromatic rings. The normalized spacial score (nSPS) is 12.4. The van der Waals surface area contributed by atoms with Crippen LogP contribution in [-0.2, 0) is 12.2 Å². The van der Waals surface area contributed by atoms with E-state index in [4.69, 9.17) is 9.72 Å². The SMILES string of the molecule is CC[C@@H](C)Cc1c(C)sc2nc(CSc3nnnn3-c3ccccc3OC)[nH]c(=O)c12. The third kappa shape index (κ3) is 4.35. The Hall–Kier alpha value is -2.72. The average Bonchev–Trinajstić information content (AvgIpc) is 3.36. The fourth-order valence-corrected chi connectivity index (χ4v) is 5.21. The number of benzene rings is 1. The molecule has 0 saturated heterocycles. The molecule has 4 rings (SSSR count). The fourth-order valence-electron chi connectivity index (χ4n) is 3.38. The van der Waals surface area contributed by atoms with Gasteiger partial charge in [-0.25, -0.2) is 4.98 Å². The Bertz CT molecular complexity index is 1260. The van der Waals surface area contributed by atoms with Crippen LogP contribution in [0.1, 0.15) is 36.5 Å². The first-order chi connectivity index (χ1) is 15.0. The number of hydrogen-bond donors (Lipinski definition) is 1. The van der Waals surface area contributed by atoms with Gasteiger partial charge in [0.25, 0.3) is 5.56 Å². The molecule has 0 amide bonds. The first kappa shape index (κ1) is 21.5. The molecule has 1 N–H and O–H groups in total. The topological polar surface area (TPSA) is 98.6 Å². The van der Waals surface area contributed by atoms with Crippen molar-refractivity contribution in [2.24, 2.45) is 5.92 Å². The van der Waals surface area contributed by atoms with E-state index in [-0.39, 0.29) is 5.56 Å². The van der Waals surface area contributed by atoms with E-state index in [0.29, 0.717) is 28.4 Å². The van der Waals surface area contributed by atoms with Gasteiger partial charge >= 0.3 is 0 Å². The second-order valence-electron chi connectivity index (χ2n) is 7.38. The summed E-state index contributed by atoms with van der Waals surface area (Å²) in [4.78, 5) is 22.5. The largest absolute Gasteiger partial charge is 0.494 e. The number of H-pyrrole nitrogens is 1. The summed E-state index contributed by atoms with van der Waals surface area (Å²) in [5, 5.41) is 13.3. The van der Waals surface area contributed by atoms with E-state index in [1.807, 2.05) is 24.3 Å². The maximum atomic E-state index is 12.9. The molecule has 10 heteroatoms. The van der Waals surface area contributed by atoms with Crippen LogP contribution >= 0.6 is 23.1 Å². The van der Waals surface area contributed by atoms with Crippen molar-refractivity contribution in [2.75, 3.05) is 7.11 Å². The molecular formula is C21H24N6O2S2. The summed E-state index contributed by atoms with van der Waals surface area (Å²) in [6.45, 7) is 6.45. The van der Waals surface area contributed by atoms with Crippen LogP contribution in [0.15, 0.2) is 34.2 Å². The third-order valence-electron chi connectivity index (χ3n) is 5.25. The standard InChI is InChI=1S/C21H24N6O2S2/c1-5-12(2)10-14-13(3)31-20-18(14)19(28)22-17(23-20)11-30-21-24-25-26-27(21)15-8-6-7-9-16(15)29-4/h6-9,12H,5,10-11H2,1-4H3,(H,22,23,28)/t12-/m1/s1. The lowest BCUT2D eigenvalue weighted by molar-refractivity contribution is 0.410. The van der Waals surface area contributed by atoms with Gasteiger partial charge in [-0.2, -0.15) is 4.68 Å². The van der Waals surface area contributed by atoms with Gasteiger partial charge in [-0.3, -0.25) is 4.79 Å². The lowest BCUT2D eigenvalue weighted by Crippen LogP contribution is -2.12. The highest BCUT2D eigenvalue weighted by atomic mass is 32.2. The number of aryl methyl sites for hydroxylation is 1. The summed E-state index contributed by atoms with van der Waals surface area (Å²) >= 11 is 2.99. The Labute approximate surface area is 188 Å². The monoisotopic (exact) mass is 456 g/mol. The van der Waals surface area contributed by atoms with Gasteiger partial charge in [0.15, 0.2) is 0 Å². The predicted molar refractivity (Wildman–Crippen MR) is 123 cm³/mol. The van der Waals surface area contributed by atoms with Crippen LogP contribution in [0.25, 0.3) is 15.9 Å². The Morgan fingerprint density at radius 2 is 2.13 bits per heavy atom. The summed E-state index contributed by atoms with van der Waals surface area (Å²) < 4.78 is 7.04. The highest BCUT2D eigenvalue weighted by Crippen LogP contribution is 2.31. The van der Waals surface area contributed by atoms with Crippen LogP contribution < -0.4 is 10.3 Å². The molecular weight excluding hydrogens is 432 g/mol. The van der Waals surface area contributed by atoms with Crippen molar-refractivity contribution in [1.29, 1.82) is 0 Å². The van der Waals surface area contributed by atoms with E-state index in [1.165, 1.54) is 16.6 Å². The minimum absolute atomic E-state index is 0.0763. The first-order valence-corrected chi connectivity index (χ1v) is 11.9. The molecule has 0 aliphatic heterocycles. The maximum absolute atomic E-state index is 12.9. The van der Waals surface area contributed by atoms with Crippen LogP contribution in [0.4, 0.5) is 0 Å². The quantitative estimate of drug-likeness (QED) is 0.398. The van der Waals surface area contributed by atoms with E-state index < -0.39 is 0 Å². The number of tetrazole rings is 1. The van der Waals surface area contributed by atoms with Crippen LogP contribution in [0, 0.1) is 12.8 Å². The zero-order valence-electron chi connectivity index (χ0n) is 17.9. The van der Waals surface area contributed by atoms with E-state index >= 15 is 0 Å². The van der Waals surface area contributed by atoms with Crippen molar-refractivity contribution < 1.29 is 4.74 Å². The number of nitrogens with one attached hydrogen (secondary N) is 1. The first-order valence-electron chi connectivity index (χ1n) is 10.1. The fraction of sp³-hybridized carbons (Fsp3) is 0.381. The molecule has 0 saturated carbocycles. The van der Waals surface area contributed by atoms with Crippen molar-refractivity contribution in [1.82, 2.24) is 30.2 Å². The Morgan fingerprint density at radius 3 is 2.90 bits per heavy atom. The molecule has 0 fully saturated rings. The van der Waals surface area contributed by atoms with Gasteiger partial charge in [0.2, 0.25) is 5.16 Å². The average molecular weight is 457 g/mol. The Kier molecular flexibility index (Phi) is 6.38. The summed E-state index contributed by atoms with van der Waals surface area (Å²) in [7, 11) is 1.61. The minimum Gasteiger partial charge on any atom is -0.494 e. The van der Waals surface area contributed by atoms with Crippen LogP contribution in [0.5, 0.6) is 5.75 Å². The molecule has 0 radical (unpaired) electrons.